The van der Waals surface area contributed by atoms with Crippen LogP contribution in [0.25, 0.3) is 0 Å². The van der Waals surface area contributed by atoms with E-state index in [9.17, 15) is 4.79 Å². The van der Waals surface area contributed by atoms with E-state index in [-0.39, 0.29) is 11.9 Å². The van der Waals surface area contributed by atoms with Gasteiger partial charge in [-0.3, -0.25) is 4.79 Å². The second-order valence-electron chi connectivity index (χ2n) is 4.27. The first kappa shape index (κ1) is 14.0. The van der Waals surface area contributed by atoms with E-state index in [1.54, 1.807) is 18.4 Å². The van der Waals surface area contributed by atoms with Crippen LogP contribution in [0.5, 0.6) is 0 Å². The van der Waals surface area contributed by atoms with Crippen LogP contribution in [0.15, 0.2) is 17.5 Å². The van der Waals surface area contributed by atoms with E-state index in [1.807, 2.05) is 36.3 Å². The van der Waals surface area contributed by atoms with E-state index in [2.05, 4.69) is 15.5 Å². The van der Waals surface area contributed by atoms with E-state index in [0.29, 0.717) is 16.7 Å². The van der Waals surface area contributed by atoms with Gasteiger partial charge in [0, 0.05) is 18.0 Å². The van der Waals surface area contributed by atoms with Gasteiger partial charge >= 0.3 is 0 Å². The molecule has 7 heteroatoms. The molecule has 0 aliphatic carbocycles. The summed E-state index contributed by atoms with van der Waals surface area (Å²) in [5, 5.41) is 13.8. The number of amides is 1. The molecule has 0 aromatic carbocycles. The van der Waals surface area contributed by atoms with Crippen molar-refractivity contribution in [3.8, 4) is 0 Å². The highest BCUT2D eigenvalue weighted by Gasteiger charge is 2.23. The zero-order valence-corrected chi connectivity index (χ0v) is 12.7. The number of thiophene rings is 1. The highest BCUT2D eigenvalue weighted by atomic mass is 32.1. The van der Waals surface area contributed by atoms with Gasteiger partial charge in [-0.05, 0) is 25.3 Å². The predicted octanol–water partition coefficient (Wildman–Crippen LogP) is 2.69. The lowest BCUT2D eigenvalue weighted by Gasteiger charge is -2.25. The fourth-order valence-corrected chi connectivity index (χ4v) is 2.95. The number of carbonyl (C=O) groups excluding carboxylic acids is 1. The maximum Gasteiger partial charge on any atom is 0.285 e. The van der Waals surface area contributed by atoms with E-state index < -0.39 is 0 Å². The number of carbonyl (C=O) groups is 1. The molecule has 0 radical (unpaired) electrons. The lowest BCUT2D eigenvalue weighted by atomic mass is 10.3. The van der Waals surface area contributed by atoms with Crippen molar-refractivity contribution in [2.24, 2.45) is 0 Å². The van der Waals surface area contributed by atoms with Gasteiger partial charge in [0.2, 0.25) is 10.1 Å². The first-order valence-electron chi connectivity index (χ1n) is 5.96. The average molecular weight is 296 g/mol. The summed E-state index contributed by atoms with van der Waals surface area (Å²) in [6.07, 6.45) is 0. The summed E-state index contributed by atoms with van der Waals surface area (Å²) >= 11 is 2.93. The fourth-order valence-electron chi connectivity index (χ4n) is 1.59. The van der Waals surface area contributed by atoms with Crippen LogP contribution in [0.2, 0.25) is 0 Å². The number of nitrogens with one attached hydrogen (secondary N) is 1. The molecule has 1 amide bonds. The molecule has 0 aliphatic rings. The summed E-state index contributed by atoms with van der Waals surface area (Å²) in [7, 11) is 1.76. The van der Waals surface area contributed by atoms with Gasteiger partial charge in [-0.2, -0.15) is 0 Å². The van der Waals surface area contributed by atoms with Gasteiger partial charge in [-0.25, -0.2) is 0 Å². The third-order valence-corrected chi connectivity index (χ3v) is 4.40. The van der Waals surface area contributed by atoms with Crippen molar-refractivity contribution in [2.45, 2.75) is 26.4 Å². The van der Waals surface area contributed by atoms with Gasteiger partial charge < -0.3 is 10.2 Å². The molecule has 0 aliphatic heterocycles. The summed E-state index contributed by atoms with van der Waals surface area (Å²) in [4.78, 5) is 15.4. The Labute approximate surface area is 120 Å². The summed E-state index contributed by atoms with van der Waals surface area (Å²) in [5.41, 5.74) is 0. The average Bonchev–Trinajstić information content (AvgIpc) is 3.05. The van der Waals surface area contributed by atoms with Gasteiger partial charge in [0.15, 0.2) is 0 Å². The molecule has 1 N–H and O–H groups in total. The standard InChI is InChI=1S/C12H16N4OS2/c1-8(2)16(7-9-5-4-6-18-9)11(17)10-14-15-12(13-3)19-10/h4-6,8H,7H2,1-3H3,(H,13,15). The number of hydrogen-bond acceptors (Lipinski definition) is 6. The van der Waals surface area contributed by atoms with Crippen molar-refractivity contribution in [1.29, 1.82) is 0 Å². The third-order valence-electron chi connectivity index (χ3n) is 2.61. The van der Waals surface area contributed by atoms with Crippen LogP contribution in [-0.4, -0.2) is 34.1 Å². The summed E-state index contributed by atoms with van der Waals surface area (Å²) in [6, 6.07) is 4.15. The number of hydrogen-bond donors (Lipinski definition) is 1. The highest BCUT2D eigenvalue weighted by Crippen LogP contribution is 2.20. The van der Waals surface area contributed by atoms with Crippen molar-refractivity contribution in [3.63, 3.8) is 0 Å². The largest absolute Gasteiger partial charge is 0.363 e. The predicted molar refractivity (Wildman–Crippen MR) is 78.8 cm³/mol. The van der Waals surface area contributed by atoms with E-state index in [4.69, 9.17) is 0 Å². The molecular formula is C12H16N4OS2. The Morgan fingerprint density at radius 2 is 2.26 bits per heavy atom. The van der Waals surface area contributed by atoms with Gasteiger partial charge in [0.05, 0.1) is 6.54 Å². The van der Waals surface area contributed by atoms with Crippen molar-refractivity contribution >= 4 is 33.7 Å². The van der Waals surface area contributed by atoms with Gasteiger partial charge in [0.1, 0.15) is 0 Å². The number of nitrogens with zero attached hydrogens (tertiary/aromatic N) is 3. The summed E-state index contributed by atoms with van der Waals surface area (Å²) in [5.74, 6) is -0.0672. The molecule has 0 spiro atoms. The molecule has 102 valence electrons. The maximum atomic E-state index is 12.5. The van der Waals surface area contributed by atoms with Crippen molar-refractivity contribution < 1.29 is 4.79 Å². The Kier molecular flexibility index (Phi) is 4.49. The number of rotatable bonds is 5. The minimum Gasteiger partial charge on any atom is -0.363 e. The Balaban J connectivity index is 2.16. The zero-order chi connectivity index (χ0) is 13.8. The Hall–Kier alpha value is -1.47. The van der Waals surface area contributed by atoms with Crippen molar-refractivity contribution in [1.82, 2.24) is 15.1 Å². The third kappa shape index (κ3) is 3.30. The van der Waals surface area contributed by atoms with Crippen LogP contribution in [0, 0.1) is 0 Å². The first-order valence-corrected chi connectivity index (χ1v) is 7.66. The molecule has 2 heterocycles. The Morgan fingerprint density at radius 1 is 1.47 bits per heavy atom. The van der Waals surface area contributed by atoms with Gasteiger partial charge in [-0.15, -0.1) is 21.5 Å². The van der Waals surface area contributed by atoms with Gasteiger partial charge in [-0.1, -0.05) is 17.4 Å². The first-order chi connectivity index (χ1) is 9.11. The molecule has 2 aromatic heterocycles. The zero-order valence-electron chi connectivity index (χ0n) is 11.1. The smallest absolute Gasteiger partial charge is 0.285 e. The lowest BCUT2D eigenvalue weighted by molar-refractivity contribution is 0.0691. The molecule has 2 aromatic rings. The molecule has 19 heavy (non-hydrogen) atoms. The van der Waals surface area contributed by atoms with E-state index >= 15 is 0 Å². The van der Waals surface area contributed by atoms with Crippen LogP contribution in [-0.2, 0) is 6.54 Å². The topological polar surface area (TPSA) is 58.1 Å². The Bertz CT molecular complexity index is 536. The maximum absolute atomic E-state index is 12.5. The Morgan fingerprint density at radius 3 is 2.79 bits per heavy atom. The molecule has 0 atom stereocenters. The summed E-state index contributed by atoms with van der Waals surface area (Å²) in [6.45, 7) is 4.62. The molecule has 0 saturated heterocycles. The number of anilines is 1. The van der Waals surface area contributed by atoms with Crippen LogP contribution >= 0.6 is 22.7 Å². The normalized spacial score (nSPS) is 10.7. The van der Waals surface area contributed by atoms with Crippen LogP contribution < -0.4 is 5.32 Å². The molecule has 0 saturated carbocycles. The minimum absolute atomic E-state index is 0.0672. The second kappa shape index (κ2) is 6.12. The van der Waals surface area contributed by atoms with Crippen LogP contribution in [0.1, 0.15) is 28.5 Å². The molecular weight excluding hydrogens is 280 g/mol. The summed E-state index contributed by atoms with van der Waals surface area (Å²) < 4.78 is 0. The fraction of sp³-hybridized carbons (Fsp3) is 0.417. The van der Waals surface area contributed by atoms with E-state index in [1.165, 1.54) is 16.2 Å². The quantitative estimate of drug-likeness (QED) is 0.921. The van der Waals surface area contributed by atoms with E-state index in [0.717, 1.165) is 0 Å². The molecule has 5 nitrogen and oxygen atoms in total. The van der Waals surface area contributed by atoms with Crippen LogP contribution in [0.3, 0.4) is 0 Å². The minimum atomic E-state index is -0.0672. The van der Waals surface area contributed by atoms with Crippen molar-refractivity contribution in [2.75, 3.05) is 12.4 Å². The number of aromatic nitrogens is 2. The van der Waals surface area contributed by atoms with Crippen LogP contribution in [0.4, 0.5) is 5.13 Å². The monoisotopic (exact) mass is 296 g/mol. The SMILES string of the molecule is CNc1nnc(C(=O)N(Cc2cccs2)C(C)C)s1. The molecule has 2 rings (SSSR count). The lowest BCUT2D eigenvalue weighted by Crippen LogP contribution is -2.36. The molecule has 0 bridgehead atoms. The van der Waals surface area contributed by atoms with Gasteiger partial charge in [0.25, 0.3) is 5.91 Å². The van der Waals surface area contributed by atoms with Crippen molar-refractivity contribution in [3.05, 3.63) is 27.4 Å². The second-order valence-corrected chi connectivity index (χ2v) is 6.28. The highest BCUT2D eigenvalue weighted by molar-refractivity contribution is 7.17. The molecule has 0 fully saturated rings. The molecule has 0 unspecified atom stereocenters.